The largest absolute Gasteiger partial charge is 0.573 e. The molecule has 0 saturated heterocycles. The molecule has 4 aromatic rings. The van der Waals surface area contributed by atoms with Crippen LogP contribution in [-0.4, -0.2) is 38.0 Å². The van der Waals surface area contributed by atoms with E-state index in [0.717, 1.165) is 11.8 Å². The minimum absolute atomic E-state index is 0.00565. The van der Waals surface area contributed by atoms with Crippen LogP contribution in [0.25, 0.3) is 23.1 Å². The third kappa shape index (κ3) is 4.58. The monoisotopic (exact) mass is 443 g/mol. The number of anilines is 3. The fourth-order valence-corrected chi connectivity index (χ4v) is 2.93. The Bertz CT molecular complexity index is 1220. The summed E-state index contributed by atoms with van der Waals surface area (Å²) in [5.74, 6) is -0.560. The van der Waals surface area contributed by atoms with Crippen LogP contribution >= 0.6 is 0 Å². The summed E-state index contributed by atoms with van der Waals surface area (Å²) in [6.07, 6.45) is -4.88. The maximum atomic E-state index is 12.7. The highest BCUT2D eigenvalue weighted by Crippen LogP contribution is 2.33. The van der Waals surface area contributed by atoms with Gasteiger partial charge in [0.2, 0.25) is 23.5 Å². The van der Waals surface area contributed by atoms with Crippen LogP contribution in [0.2, 0.25) is 0 Å². The van der Waals surface area contributed by atoms with Crippen LogP contribution in [0.15, 0.2) is 59.1 Å². The molecule has 9 nitrogen and oxygen atoms in total. The molecule has 2 N–H and O–H groups in total. The highest BCUT2D eigenvalue weighted by atomic mass is 19.4. The van der Waals surface area contributed by atoms with Crippen molar-refractivity contribution < 1.29 is 22.4 Å². The second kappa shape index (κ2) is 8.49. The van der Waals surface area contributed by atoms with E-state index in [9.17, 15) is 13.2 Å². The third-order valence-electron chi connectivity index (χ3n) is 4.24. The average molecular weight is 443 g/mol. The summed E-state index contributed by atoms with van der Waals surface area (Å²) in [6.45, 7) is 2.45. The number of ether oxygens (including phenoxy) is 1. The van der Waals surface area contributed by atoms with Gasteiger partial charge in [-0.1, -0.05) is 35.5 Å². The standard InChI is InChI=1S/C20H16F3N7O2/c1-2-30(12-8-4-3-5-9-12)19-27-15(26-18(24)28-19)16-25-17(32-29-16)13-10-6-7-11-14(13)31-20(21,22)23/h3-11H,2H2,1H3,(H2,24,26,27,28). The zero-order valence-corrected chi connectivity index (χ0v) is 16.6. The molecule has 4 rings (SSSR count). The average Bonchev–Trinajstić information content (AvgIpc) is 3.24. The Hall–Kier alpha value is -4.22. The molecule has 0 aliphatic rings. The molecule has 0 saturated carbocycles. The van der Waals surface area contributed by atoms with Crippen molar-refractivity contribution in [2.75, 3.05) is 17.2 Å². The van der Waals surface area contributed by atoms with Gasteiger partial charge >= 0.3 is 6.36 Å². The number of alkyl halides is 3. The van der Waals surface area contributed by atoms with E-state index in [4.69, 9.17) is 10.3 Å². The van der Waals surface area contributed by atoms with Gasteiger partial charge in [0, 0.05) is 12.2 Å². The molecule has 2 aromatic heterocycles. The predicted octanol–water partition coefficient (Wildman–Crippen LogP) is 4.23. The molecule has 0 atom stereocenters. The van der Waals surface area contributed by atoms with Crippen LogP contribution < -0.4 is 15.4 Å². The van der Waals surface area contributed by atoms with Gasteiger partial charge in [-0.05, 0) is 31.2 Å². The van der Waals surface area contributed by atoms with E-state index in [1.54, 1.807) is 4.90 Å². The van der Waals surface area contributed by atoms with E-state index in [-0.39, 0.29) is 35.0 Å². The van der Waals surface area contributed by atoms with Crippen molar-refractivity contribution in [1.82, 2.24) is 25.1 Å². The molecule has 2 aromatic carbocycles. The first-order chi connectivity index (χ1) is 15.3. The van der Waals surface area contributed by atoms with Crippen molar-refractivity contribution in [2.45, 2.75) is 13.3 Å². The zero-order valence-electron chi connectivity index (χ0n) is 16.6. The summed E-state index contributed by atoms with van der Waals surface area (Å²) >= 11 is 0. The lowest BCUT2D eigenvalue weighted by Gasteiger charge is -2.20. The van der Waals surface area contributed by atoms with E-state index < -0.39 is 12.1 Å². The maximum Gasteiger partial charge on any atom is 0.573 e. The normalized spacial score (nSPS) is 11.4. The van der Waals surface area contributed by atoms with Crippen LogP contribution in [0.1, 0.15) is 6.92 Å². The molecular formula is C20H16F3N7O2. The highest BCUT2D eigenvalue weighted by Gasteiger charge is 2.33. The summed E-state index contributed by atoms with van der Waals surface area (Å²) in [5.41, 5.74) is 6.65. The van der Waals surface area contributed by atoms with E-state index >= 15 is 0 Å². The van der Waals surface area contributed by atoms with Crippen molar-refractivity contribution in [2.24, 2.45) is 0 Å². The van der Waals surface area contributed by atoms with Crippen molar-refractivity contribution in [3.05, 3.63) is 54.6 Å². The first-order valence-electron chi connectivity index (χ1n) is 9.37. The Morgan fingerprint density at radius 2 is 1.66 bits per heavy atom. The number of nitrogen functional groups attached to an aromatic ring is 1. The lowest BCUT2D eigenvalue weighted by molar-refractivity contribution is -0.274. The van der Waals surface area contributed by atoms with Crippen LogP contribution in [-0.2, 0) is 0 Å². The number of hydrogen-bond donors (Lipinski definition) is 1. The van der Waals surface area contributed by atoms with E-state index in [0.29, 0.717) is 6.54 Å². The van der Waals surface area contributed by atoms with E-state index in [2.05, 4.69) is 29.8 Å². The van der Waals surface area contributed by atoms with E-state index in [1.165, 1.54) is 18.2 Å². The van der Waals surface area contributed by atoms with Crippen LogP contribution in [0.3, 0.4) is 0 Å². The van der Waals surface area contributed by atoms with Crippen molar-refractivity contribution >= 4 is 17.6 Å². The van der Waals surface area contributed by atoms with Crippen molar-refractivity contribution in [3.63, 3.8) is 0 Å². The molecule has 164 valence electrons. The number of benzene rings is 2. The second-order valence-corrected chi connectivity index (χ2v) is 6.36. The molecule has 12 heteroatoms. The molecule has 32 heavy (non-hydrogen) atoms. The van der Waals surface area contributed by atoms with Crippen LogP contribution in [0.4, 0.5) is 30.8 Å². The summed E-state index contributed by atoms with van der Waals surface area (Å²) in [4.78, 5) is 18.5. The zero-order chi connectivity index (χ0) is 22.7. The van der Waals surface area contributed by atoms with Crippen molar-refractivity contribution in [3.8, 4) is 28.9 Å². The Morgan fingerprint density at radius 3 is 2.38 bits per heavy atom. The fraction of sp³-hybridized carbons (Fsp3) is 0.150. The van der Waals surface area contributed by atoms with Gasteiger partial charge in [-0.2, -0.15) is 19.9 Å². The molecule has 0 spiro atoms. The first kappa shape index (κ1) is 21.0. The molecule has 0 amide bonds. The quantitative estimate of drug-likeness (QED) is 0.467. The van der Waals surface area contributed by atoms with Gasteiger partial charge in [0.15, 0.2) is 0 Å². The Balaban J connectivity index is 1.70. The molecule has 0 fully saturated rings. The predicted molar refractivity (Wildman–Crippen MR) is 109 cm³/mol. The summed E-state index contributed by atoms with van der Waals surface area (Å²) in [7, 11) is 0. The van der Waals surface area contributed by atoms with Gasteiger partial charge in [0.05, 0.1) is 5.56 Å². The maximum absolute atomic E-state index is 12.7. The summed E-state index contributed by atoms with van der Waals surface area (Å²) in [6, 6.07) is 14.8. The SMILES string of the molecule is CCN(c1ccccc1)c1nc(N)nc(-c2noc(-c3ccccc3OC(F)(F)F)n2)n1. The van der Waals surface area contributed by atoms with Gasteiger partial charge < -0.3 is 19.9 Å². The molecule has 0 aliphatic carbocycles. The molecule has 0 bridgehead atoms. The molecule has 2 heterocycles. The van der Waals surface area contributed by atoms with Gasteiger partial charge in [-0.3, -0.25) is 0 Å². The third-order valence-corrected chi connectivity index (χ3v) is 4.24. The number of aromatic nitrogens is 5. The van der Waals surface area contributed by atoms with Gasteiger partial charge in [0.25, 0.3) is 5.89 Å². The summed E-state index contributed by atoms with van der Waals surface area (Å²) < 4.78 is 47.3. The lowest BCUT2D eigenvalue weighted by Crippen LogP contribution is -2.20. The number of nitrogens with zero attached hydrogens (tertiary/aromatic N) is 6. The minimum atomic E-state index is -4.88. The number of rotatable bonds is 6. The number of hydrogen-bond acceptors (Lipinski definition) is 9. The van der Waals surface area contributed by atoms with Crippen molar-refractivity contribution in [1.29, 1.82) is 0 Å². The molecular weight excluding hydrogens is 427 g/mol. The minimum Gasteiger partial charge on any atom is -0.405 e. The summed E-state index contributed by atoms with van der Waals surface area (Å²) in [5, 5.41) is 3.79. The number of halogens is 3. The number of nitrogens with two attached hydrogens (primary N) is 1. The molecule has 0 unspecified atom stereocenters. The first-order valence-corrected chi connectivity index (χ1v) is 9.37. The van der Waals surface area contributed by atoms with Crippen LogP contribution in [0.5, 0.6) is 5.75 Å². The lowest BCUT2D eigenvalue weighted by atomic mass is 10.2. The fourth-order valence-electron chi connectivity index (χ4n) is 2.93. The Morgan fingerprint density at radius 1 is 0.938 bits per heavy atom. The second-order valence-electron chi connectivity index (χ2n) is 6.36. The van der Waals surface area contributed by atoms with Crippen LogP contribution in [0, 0.1) is 0 Å². The highest BCUT2D eigenvalue weighted by molar-refractivity contribution is 5.65. The Labute approximate surface area is 179 Å². The molecule has 0 aliphatic heterocycles. The van der Waals surface area contributed by atoms with Gasteiger partial charge in [-0.15, -0.1) is 13.2 Å². The van der Waals surface area contributed by atoms with Gasteiger partial charge in [0.1, 0.15) is 5.75 Å². The smallest absolute Gasteiger partial charge is 0.405 e. The topological polar surface area (TPSA) is 116 Å². The van der Waals surface area contributed by atoms with E-state index in [1.807, 2.05) is 37.3 Å². The van der Waals surface area contributed by atoms with Gasteiger partial charge in [-0.25, -0.2) is 0 Å². The number of para-hydroxylation sites is 2. The molecule has 0 radical (unpaired) electrons. The Kier molecular flexibility index (Phi) is 5.58.